The predicted molar refractivity (Wildman–Crippen MR) is 136 cm³/mol. The smallest absolute Gasteiger partial charge is 0.222 e. The molecule has 38 heavy (non-hydrogen) atoms. The Bertz CT molecular complexity index is 1190. The summed E-state index contributed by atoms with van der Waals surface area (Å²) in [6, 6.07) is 13.4. The van der Waals surface area contributed by atoms with Gasteiger partial charge in [-0.05, 0) is 47.7 Å². The third-order valence-electron chi connectivity index (χ3n) is 6.02. The van der Waals surface area contributed by atoms with Crippen molar-refractivity contribution < 1.29 is 32.2 Å². The Balaban J connectivity index is 1.56. The van der Waals surface area contributed by atoms with E-state index in [4.69, 9.17) is 4.74 Å². The highest BCUT2D eigenvalue weighted by Gasteiger charge is 2.22. The molecule has 0 fully saturated rings. The second-order valence-electron chi connectivity index (χ2n) is 9.07. The van der Waals surface area contributed by atoms with Crippen LogP contribution in [0.15, 0.2) is 60.7 Å². The number of carbonyl (C=O) groups excluding carboxylic acids is 1. The molecule has 204 valence electrons. The third-order valence-corrected chi connectivity index (χ3v) is 6.02. The van der Waals surface area contributed by atoms with Gasteiger partial charge in [0.1, 0.15) is 23.3 Å². The third kappa shape index (κ3) is 9.55. The van der Waals surface area contributed by atoms with E-state index in [1.54, 1.807) is 0 Å². The molecule has 0 saturated carbocycles. The number of benzene rings is 3. The van der Waals surface area contributed by atoms with E-state index in [9.17, 15) is 27.5 Å². The maximum absolute atomic E-state index is 13.7. The second kappa shape index (κ2) is 14.6. The minimum absolute atomic E-state index is 0.00374. The molecule has 3 N–H and O–H groups in total. The first kappa shape index (κ1) is 29.3. The highest BCUT2D eigenvalue weighted by molar-refractivity contribution is 5.76. The molecule has 0 heterocycles. The lowest BCUT2D eigenvalue weighted by Gasteiger charge is -2.25. The summed E-state index contributed by atoms with van der Waals surface area (Å²) < 4.78 is 59.5. The van der Waals surface area contributed by atoms with Gasteiger partial charge in [0.05, 0.1) is 25.4 Å². The lowest BCUT2D eigenvalue weighted by molar-refractivity contribution is -0.123. The standard InChI is InChI=1S/C29H32F4N2O3/c1-2-19-4-3-5-20(10-19)16-34-17-28(36)27(13-21-11-24(31)14-25(32)12-21)35-29(37)8-9-38-18-22-6-7-23(30)15-26(22)33/h3-7,10-12,14-15,27-28,34,36H,2,8-9,13,16-18H2,1H3,(H,35,37)/t27-,28+/m0/s1. The van der Waals surface area contributed by atoms with E-state index < -0.39 is 41.3 Å². The summed E-state index contributed by atoms with van der Waals surface area (Å²) in [5, 5.41) is 16.7. The normalized spacial score (nSPS) is 12.8. The van der Waals surface area contributed by atoms with Crippen molar-refractivity contribution in [3.8, 4) is 0 Å². The van der Waals surface area contributed by atoms with Crippen LogP contribution in [-0.2, 0) is 35.5 Å². The number of rotatable bonds is 14. The van der Waals surface area contributed by atoms with Crippen LogP contribution in [0.5, 0.6) is 0 Å². The molecule has 1 amide bonds. The second-order valence-corrected chi connectivity index (χ2v) is 9.07. The van der Waals surface area contributed by atoms with Crippen molar-refractivity contribution in [2.45, 2.75) is 51.5 Å². The Morgan fingerprint density at radius 2 is 1.66 bits per heavy atom. The van der Waals surface area contributed by atoms with Gasteiger partial charge in [0.15, 0.2) is 0 Å². The van der Waals surface area contributed by atoms with Gasteiger partial charge in [0.2, 0.25) is 5.91 Å². The fourth-order valence-corrected chi connectivity index (χ4v) is 4.00. The quantitative estimate of drug-likeness (QED) is 0.210. The van der Waals surface area contributed by atoms with Crippen molar-refractivity contribution in [1.29, 1.82) is 0 Å². The fraction of sp³-hybridized carbons (Fsp3) is 0.345. The molecule has 0 spiro atoms. The maximum Gasteiger partial charge on any atom is 0.222 e. The molecule has 0 bridgehead atoms. The largest absolute Gasteiger partial charge is 0.390 e. The topological polar surface area (TPSA) is 70.6 Å². The van der Waals surface area contributed by atoms with Gasteiger partial charge in [-0.25, -0.2) is 17.6 Å². The summed E-state index contributed by atoms with van der Waals surface area (Å²) >= 11 is 0. The number of aryl methyl sites for hydroxylation is 1. The zero-order chi connectivity index (χ0) is 27.5. The molecule has 0 aliphatic heterocycles. The average Bonchev–Trinajstić information content (AvgIpc) is 2.86. The summed E-state index contributed by atoms with van der Waals surface area (Å²) in [6.45, 7) is 2.49. The number of hydrogen-bond donors (Lipinski definition) is 3. The van der Waals surface area contributed by atoms with Gasteiger partial charge in [-0.3, -0.25) is 4.79 Å². The molecule has 2 atom stereocenters. The Hall–Kier alpha value is -3.27. The van der Waals surface area contributed by atoms with E-state index in [0.717, 1.165) is 42.3 Å². The van der Waals surface area contributed by atoms with E-state index in [0.29, 0.717) is 6.54 Å². The lowest BCUT2D eigenvalue weighted by atomic mass is 10.00. The van der Waals surface area contributed by atoms with Crippen molar-refractivity contribution in [2.24, 2.45) is 0 Å². The molecule has 0 saturated heterocycles. The number of amides is 1. The molecule has 0 radical (unpaired) electrons. The van der Waals surface area contributed by atoms with Crippen LogP contribution in [0.1, 0.15) is 35.6 Å². The molecule has 9 heteroatoms. The molecular formula is C29H32F4N2O3. The van der Waals surface area contributed by atoms with Gasteiger partial charge in [-0.1, -0.05) is 37.3 Å². The van der Waals surface area contributed by atoms with Crippen LogP contribution in [-0.4, -0.2) is 36.3 Å². The highest BCUT2D eigenvalue weighted by atomic mass is 19.1. The van der Waals surface area contributed by atoms with Crippen molar-refractivity contribution in [3.05, 3.63) is 106 Å². The molecule has 3 aromatic rings. The van der Waals surface area contributed by atoms with E-state index >= 15 is 0 Å². The van der Waals surface area contributed by atoms with Crippen LogP contribution in [0.3, 0.4) is 0 Å². The minimum Gasteiger partial charge on any atom is -0.390 e. The summed E-state index contributed by atoms with van der Waals surface area (Å²) in [5.74, 6) is -3.41. The average molecular weight is 533 g/mol. The van der Waals surface area contributed by atoms with E-state index in [-0.39, 0.29) is 43.7 Å². The van der Waals surface area contributed by atoms with Gasteiger partial charge in [-0.2, -0.15) is 0 Å². The van der Waals surface area contributed by atoms with E-state index in [1.807, 2.05) is 18.2 Å². The Kier molecular flexibility index (Phi) is 11.3. The fourth-order valence-electron chi connectivity index (χ4n) is 4.00. The van der Waals surface area contributed by atoms with Crippen LogP contribution in [0.2, 0.25) is 0 Å². The van der Waals surface area contributed by atoms with E-state index in [1.165, 1.54) is 11.6 Å². The van der Waals surface area contributed by atoms with Crippen LogP contribution in [0.25, 0.3) is 0 Å². The Labute approximate surface area is 219 Å². The molecule has 0 aliphatic rings. The number of ether oxygens (including phenoxy) is 1. The highest BCUT2D eigenvalue weighted by Crippen LogP contribution is 2.13. The molecule has 3 aromatic carbocycles. The molecule has 3 rings (SSSR count). The van der Waals surface area contributed by atoms with Crippen molar-refractivity contribution in [2.75, 3.05) is 13.2 Å². The zero-order valence-electron chi connectivity index (χ0n) is 21.2. The number of carbonyl (C=O) groups is 1. The van der Waals surface area contributed by atoms with Gasteiger partial charge < -0.3 is 20.5 Å². The first-order chi connectivity index (χ1) is 18.2. The van der Waals surface area contributed by atoms with Crippen molar-refractivity contribution in [1.82, 2.24) is 10.6 Å². The number of aliphatic hydroxyl groups excluding tert-OH is 1. The Morgan fingerprint density at radius 1 is 0.921 bits per heavy atom. The number of halogens is 4. The number of nitrogens with one attached hydrogen (secondary N) is 2. The molecule has 5 nitrogen and oxygen atoms in total. The minimum atomic E-state index is -1.06. The maximum atomic E-state index is 13.7. The van der Waals surface area contributed by atoms with Gasteiger partial charge in [0, 0.05) is 37.2 Å². The first-order valence-electron chi connectivity index (χ1n) is 12.5. The predicted octanol–water partition coefficient (Wildman–Crippen LogP) is 4.59. The van der Waals surface area contributed by atoms with Crippen LogP contribution < -0.4 is 10.6 Å². The molecular weight excluding hydrogens is 500 g/mol. The number of aliphatic hydroxyl groups is 1. The van der Waals surface area contributed by atoms with Crippen LogP contribution in [0, 0.1) is 23.3 Å². The first-order valence-corrected chi connectivity index (χ1v) is 12.5. The summed E-state index contributed by atoms with van der Waals surface area (Å²) in [5.41, 5.74) is 2.67. The summed E-state index contributed by atoms with van der Waals surface area (Å²) in [4.78, 5) is 12.6. The SMILES string of the molecule is CCc1cccc(CNC[C@@H](O)[C@H](Cc2cc(F)cc(F)c2)NC(=O)CCOCc2ccc(F)cc2F)c1. The Morgan fingerprint density at radius 3 is 2.37 bits per heavy atom. The van der Waals surface area contributed by atoms with Gasteiger partial charge in [-0.15, -0.1) is 0 Å². The molecule has 0 aliphatic carbocycles. The van der Waals surface area contributed by atoms with Crippen molar-refractivity contribution in [3.63, 3.8) is 0 Å². The zero-order valence-corrected chi connectivity index (χ0v) is 21.2. The number of hydrogen-bond acceptors (Lipinski definition) is 4. The summed E-state index contributed by atoms with van der Waals surface area (Å²) in [7, 11) is 0. The van der Waals surface area contributed by atoms with Gasteiger partial charge in [0.25, 0.3) is 0 Å². The molecule has 0 aromatic heterocycles. The monoisotopic (exact) mass is 532 g/mol. The van der Waals surface area contributed by atoms with E-state index in [2.05, 4.69) is 23.6 Å². The molecule has 0 unspecified atom stereocenters. The van der Waals surface area contributed by atoms with Crippen LogP contribution >= 0.6 is 0 Å². The lowest BCUT2D eigenvalue weighted by Crippen LogP contribution is -2.48. The van der Waals surface area contributed by atoms with Crippen molar-refractivity contribution >= 4 is 5.91 Å². The van der Waals surface area contributed by atoms with Crippen LogP contribution in [0.4, 0.5) is 17.6 Å². The van der Waals surface area contributed by atoms with Gasteiger partial charge >= 0.3 is 0 Å². The summed E-state index contributed by atoms with van der Waals surface area (Å²) in [6.07, 6.45) is -0.261.